The van der Waals surface area contributed by atoms with Crippen molar-refractivity contribution in [1.29, 1.82) is 0 Å². The van der Waals surface area contributed by atoms with Gasteiger partial charge in [-0.25, -0.2) is 12.7 Å². The second kappa shape index (κ2) is 7.20. The van der Waals surface area contributed by atoms with Gasteiger partial charge in [-0.15, -0.1) is 0 Å². The van der Waals surface area contributed by atoms with Crippen molar-refractivity contribution in [3.8, 4) is 0 Å². The van der Waals surface area contributed by atoms with Crippen molar-refractivity contribution in [2.24, 2.45) is 5.92 Å². The Labute approximate surface area is 152 Å². The van der Waals surface area contributed by atoms with Gasteiger partial charge in [-0.2, -0.15) is 0 Å². The van der Waals surface area contributed by atoms with Crippen LogP contribution in [0.3, 0.4) is 0 Å². The molecule has 1 atom stereocenters. The van der Waals surface area contributed by atoms with Crippen LogP contribution in [0.2, 0.25) is 10.0 Å². The van der Waals surface area contributed by atoms with E-state index in [0.29, 0.717) is 28.6 Å². The third-order valence-corrected chi connectivity index (χ3v) is 6.81. The lowest BCUT2D eigenvalue weighted by atomic mass is 9.99. The molecule has 5 nitrogen and oxygen atoms in total. The third kappa shape index (κ3) is 4.42. The molecule has 2 fully saturated rings. The summed E-state index contributed by atoms with van der Waals surface area (Å²) in [5.41, 5.74) is 0.519. The number of hydrogen-bond acceptors (Lipinski definition) is 3. The van der Waals surface area contributed by atoms with Crippen molar-refractivity contribution in [2.75, 3.05) is 13.1 Å². The molecule has 132 valence electrons. The zero-order valence-corrected chi connectivity index (χ0v) is 15.5. The predicted molar refractivity (Wildman–Crippen MR) is 94.5 cm³/mol. The van der Waals surface area contributed by atoms with Gasteiger partial charge in [0.25, 0.3) is 0 Å². The van der Waals surface area contributed by atoms with Crippen LogP contribution >= 0.6 is 23.2 Å². The first kappa shape index (κ1) is 18.0. The second-order valence-corrected chi connectivity index (χ2v) is 9.28. The van der Waals surface area contributed by atoms with E-state index in [-0.39, 0.29) is 30.2 Å². The molecule has 0 spiro atoms. The molecule has 3 rings (SSSR count). The van der Waals surface area contributed by atoms with Gasteiger partial charge in [0.15, 0.2) is 0 Å². The summed E-state index contributed by atoms with van der Waals surface area (Å²) in [6, 6.07) is 5.08. The van der Waals surface area contributed by atoms with E-state index >= 15 is 0 Å². The molecule has 1 aliphatic heterocycles. The molecule has 1 heterocycles. The van der Waals surface area contributed by atoms with Gasteiger partial charge in [-0.05, 0) is 43.4 Å². The molecule has 1 N–H and O–H groups in total. The molecule has 24 heavy (non-hydrogen) atoms. The van der Waals surface area contributed by atoms with E-state index in [1.54, 1.807) is 12.1 Å². The van der Waals surface area contributed by atoms with Gasteiger partial charge in [0, 0.05) is 29.2 Å². The zero-order valence-electron chi connectivity index (χ0n) is 13.2. The fourth-order valence-electron chi connectivity index (χ4n) is 2.88. The normalized spacial score (nSPS) is 22.3. The van der Waals surface area contributed by atoms with Crippen LogP contribution in [0.25, 0.3) is 0 Å². The lowest BCUT2D eigenvalue weighted by Gasteiger charge is -2.31. The van der Waals surface area contributed by atoms with Crippen LogP contribution in [0.15, 0.2) is 18.2 Å². The van der Waals surface area contributed by atoms with Crippen LogP contribution in [0.5, 0.6) is 0 Å². The van der Waals surface area contributed by atoms with E-state index < -0.39 is 10.0 Å². The molecule has 1 aromatic rings. The lowest BCUT2D eigenvalue weighted by Crippen LogP contribution is -2.46. The van der Waals surface area contributed by atoms with E-state index in [4.69, 9.17) is 23.2 Å². The quantitative estimate of drug-likeness (QED) is 0.840. The molecule has 1 amide bonds. The number of amides is 1. The Kier molecular flexibility index (Phi) is 5.39. The summed E-state index contributed by atoms with van der Waals surface area (Å²) < 4.78 is 26.8. The van der Waals surface area contributed by atoms with Crippen LogP contribution in [0, 0.1) is 5.92 Å². The number of nitrogens with one attached hydrogen (secondary N) is 1. The average Bonchev–Trinajstić information content (AvgIpc) is 3.34. The minimum Gasteiger partial charge on any atom is -0.353 e. The lowest BCUT2D eigenvalue weighted by molar-refractivity contribution is -0.126. The van der Waals surface area contributed by atoms with Crippen LogP contribution in [0.1, 0.15) is 31.2 Å². The number of sulfonamides is 1. The highest BCUT2D eigenvalue weighted by Gasteiger charge is 2.34. The molecule has 0 bridgehead atoms. The Bertz CT molecular complexity index is 735. The smallest absolute Gasteiger partial charge is 0.224 e. The van der Waals surface area contributed by atoms with Crippen molar-refractivity contribution < 1.29 is 13.2 Å². The van der Waals surface area contributed by atoms with Gasteiger partial charge in [0.1, 0.15) is 0 Å². The van der Waals surface area contributed by atoms with Crippen molar-refractivity contribution in [2.45, 2.75) is 37.5 Å². The summed E-state index contributed by atoms with van der Waals surface area (Å²) in [5, 5.41) is 3.77. The first-order chi connectivity index (χ1) is 11.3. The van der Waals surface area contributed by atoms with E-state index in [1.165, 1.54) is 10.4 Å². The molecule has 2 aliphatic rings. The maximum absolute atomic E-state index is 12.7. The Hall–Kier alpha value is -0.820. The Morgan fingerprint density at radius 2 is 2.00 bits per heavy atom. The van der Waals surface area contributed by atoms with E-state index in [9.17, 15) is 13.2 Å². The maximum Gasteiger partial charge on any atom is 0.224 e. The van der Waals surface area contributed by atoms with E-state index in [2.05, 4.69) is 5.32 Å². The minimum atomic E-state index is -3.53. The third-order valence-electron chi connectivity index (χ3n) is 4.43. The fraction of sp³-hybridized carbons (Fsp3) is 0.562. The highest BCUT2D eigenvalue weighted by molar-refractivity contribution is 7.88. The summed E-state index contributed by atoms with van der Waals surface area (Å²) in [4.78, 5) is 12.2. The molecule has 0 aromatic heterocycles. The number of rotatable bonds is 5. The van der Waals surface area contributed by atoms with Crippen LogP contribution in [0.4, 0.5) is 0 Å². The topological polar surface area (TPSA) is 66.5 Å². The predicted octanol–water partition coefficient (Wildman–Crippen LogP) is 2.81. The zero-order chi connectivity index (χ0) is 17.3. The monoisotopic (exact) mass is 390 g/mol. The van der Waals surface area contributed by atoms with E-state index in [1.807, 2.05) is 0 Å². The summed E-state index contributed by atoms with van der Waals surface area (Å²) in [6.45, 7) is 0.687. The van der Waals surface area contributed by atoms with Gasteiger partial charge in [-0.1, -0.05) is 29.3 Å². The largest absolute Gasteiger partial charge is 0.353 e. The van der Waals surface area contributed by atoms with Gasteiger partial charge in [-0.3, -0.25) is 4.79 Å². The van der Waals surface area contributed by atoms with Gasteiger partial charge < -0.3 is 5.32 Å². The summed E-state index contributed by atoms with van der Waals surface area (Å²) in [7, 11) is -3.53. The van der Waals surface area contributed by atoms with Crippen LogP contribution in [-0.4, -0.2) is 37.8 Å². The number of piperidine rings is 1. The molecule has 1 aromatic carbocycles. The summed E-state index contributed by atoms with van der Waals surface area (Å²) in [5.74, 6) is -0.475. The number of benzene rings is 1. The average molecular weight is 391 g/mol. The van der Waals surface area contributed by atoms with Gasteiger partial charge in [0.05, 0.1) is 11.7 Å². The van der Waals surface area contributed by atoms with Crippen molar-refractivity contribution in [3.05, 3.63) is 33.8 Å². The second-order valence-electron chi connectivity index (χ2n) is 6.47. The number of carbonyl (C=O) groups excluding carboxylic acids is 1. The maximum atomic E-state index is 12.7. The Morgan fingerprint density at radius 3 is 2.67 bits per heavy atom. The van der Waals surface area contributed by atoms with Crippen LogP contribution in [-0.2, 0) is 20.6 Å². The SMILES string of the molecule is O=C(NC1CC1)[C@@H]1CCCN(S(=O)(=O)Cc2ccc(Cl)cc2Cl)C1. The number of carbonyl (C=O) groups is 1. The first-order valence-electron chi connectivity index (χ1n) is 8.07. The van der Waals surface area contributed by atoms with E-state index in [0.717, 1.165) is 19.3 Å². The molecular formula is C16H20Cl2N2O3S. The molecule has 1 aliphatic carbocycles. The Balaban J connectivity index is 1.67. The minimum absolute atomic E-state index is 0.0260. The Morgan fingerprint density at radius 1 is 1.25 bits per heavy atom. The fourth-order valence-corrected chi connectivity index (χ4v) is 5.08. The van der Waals surface area contributed by atoms with Crippen molar-refractivity contribution >= 4 is 39.1 Å². The molecule has 0 unspecified atom stereocenters. The van der Waals surface area contributed by atoms with Crippen LogP contribution < -0.4 is 5.32 Å². The number of nitrogens with zero attached hydrogens (tertiary/aromatic N) is 1. The first-order valence-corrected chi connectivity index (χ1v) is 10.4. The molecule has 1 saturated heterocycles. The van der Waals surface area contributed by atoms with Crippen molar-refractivity contribution in [3.63, 3.8) is 0 Å². The number of halogens is 2. The highest BCUT2D eigenvalue weighted by Crippen LogP contribution is 2.27. The number of hydrogen-bond donors (Lipinski definition) is 1. The molecule has 0 radical (unpaired) electrons. The highest BCUT2D eigenvalue weighted by atomic mass is 35.5. The summed E-state index contributed by atoms with van der Waals surface area (Å²) >= 11 is 11.9. The van der Waals surface area contributed by atoms with Gasteiger partial charge in [0.2, 0.25) is 15.9 Å². The molecule has 8 heteroatoms. The van der Waals surface area contributed by atoms with Crippen molar-refractivity contribution in [1.82, 2.24) is 9.62 Å². The summed E-state index contributed by atoms with van der Waals surface area (Å²) in [6.07, 6.45) is 3.47. The van der Waals surface area contributed by atoms with Gasteiger partial charge >= 0.3 is 0 Å². The standard InChI is InChI=1S/C16H20Cl2N2O3S/c17-13-4-3-12(15(18)8-13)10-24(22,23)20-7-1-2-11(9-20)16(21)19-14-5-6-14/h3-4,8,11,14H,1-2,5-7,9-10H2,(H,19,21)/t11-/m1/s1. The molecule has 1 saturated carbocycles. The molecular weight excluding hydrogens is 371 g/mol.